The van der Waals surface area contributed by atoms with Crippen molar-refractivity contribution in [2.45, 2.75) is 13.8 Å². The zero-order valence-electron chi connectivity index (χ0n) is 15.6. The predicted octanol–water partition coefficient (Wildman–Crippen LogP) is 2.82. The van der Waals surface area contributed by atoms with Crippen molar-refractivity contribution in [3.8, 4) is 17.2 Å². The van der Waals surface area contributed by atoms with Crippen molar-refractivity contribution in [2.24, 2.45) is 5.92 Å². The molecule has 0 aliphatic carbocycles. The average molecular weight is 360 g/mol. The quantitative estimate of drug-likeness (QED) is 0.747. The molecule has 0 saturated carbocycles. The highest BCUT2D eigenvalue weighted by atomic mass is 16.5. The fourth-order valence-corrected chi connectivity index (χ4v) is 2.21. The van der Waals surface area contributed by atoms with Gasteiger partial charge in [0.1, 0.15) is 5.69 Å². The molecule has 0 atom stereocenters. The van der Waals surface area contributed by atoms with E-state index in [1.807, 2.05) is 0 Å². The van der Waals surface area contributed by atoms with E-state index in [0.29, 0.717) is 34.8 Å². The molecule has 1 aromatic carbocycles. The van der Waals surface area contributed by atoms with Gasteiger partial charge < -0.3 is 24.8 Å². The summed E-state index contributed by atoms with van der Waals surface area (Å²) >= 11 is 0. The first kappa shape index (κ1) is 19.3. The lowest BCUT2D eigenvalue weighted by molar-refractivity contribution is 0.102. The van der Waals surface area contributed by atoms with Gasteiger partial charge in [0.2, 0.25) is 11.7 Å². The first-order chi connectivity index (χ1) is 12.5. The number of anilines is 2. The second-order valence-electron chi connectivity index (χ2n) is 5.91. The van der Waals surface area contributed by atoms with Crippen LogP contribution in [0.25, 0.3) is 0 Å². The molecule has 8 nitrogen and oxygen atoms in total. The molecule has 2 N–H and O–H groups in total. The van der Waals surface area contributed by atoms with Crippen LogP contribution in [0.3, 0.4) is 0 Å². The highest BCUT2D eigenvalue weighted by Crippen LogP contribution is 2.39. The van der Waals surface area contributed by atoms with E-state index in [4.69, 9.17) is 14.2 Å². The lowest BCUT2D eigenvalue weighted by atomic mass is 10.2. The highest BCUT2D eigenvalue weighted by Gasteiger charge is 2.16. The Labute approximate surface area is 152 Å². The highest BCUT2D eigenvalue weighted by molar-refractivity contribution is 6.03. The summed E-state index contributed by atoms with van der Waals surface area (Å²) in [7, 11) is 4.55. The topological polar surface area (TPSA) is 94.6 Å². The monoisotopic (exact) mass is 360 g/mol. The van der Waals surface area contributed by atoms with Crippen molar-refractivity contribution < 1.29 is 19.0 Å². The van der Waals surface area contributed by atoms with Crippen LogP contribution >= 0.6 is 0 Å². The molecular formula is C18H24N4O4. The van der Waals surface area contributed by atoms with Crippen LogP contribution in [0.1, 0.15) is 24.3 Å². The maximum Gasteiger partial charge on any atom is 0.274 e. The number of benzene rings is 1. The first-order valence-electron chi connectivity index (χ1n) is 8.16. The minimum absolute atomic E-state index is 0.250. The minimum Gasteiger partial charge on any atom is -0.493 e. The molecule has 1 aromatic heterocycles. The van der Waals surface area contributed by atoms with Gasteiger partial charge in [-0.25, -0.2) is 9.97 Å². The molecule has 0 unspecified atom stereocenters. The number of rotatable bonds is 8. The van der Waals surface area contributed by atoms with E-state index in [-0.39, 0.29) is 11.6 Å². The van der Waals surface area contributed by atoms with Crippen LogP contribution < -0.4 is 24.8 Å². The molecule has 1 amide bonds. The number of hydrogen-bond donors (Lipinski definition) is 2. The summed E-state index contributed by atoms with van der Waals surface area (Å²) in [6, 6.07) is 4.85. The fourth-order valence-electron chi connectivity index (χ4n) is 2.21. The Hall–Kier alpha value is -3.03. The molecule has 0 radical (unpaired) electrons. The number of carbonyl (C=O) groups excluding carboxylic acids is 1. The molecule has 0 aliphatic rings. The summed E-state index contributed by atoms with van der Waals surface area (Å²) in [4.78, 5) is 20.9. The van der Waals surface area contributed by atoms with Gasteiger partial charge in [0, 0.05) is 30.6 Å². The van der Waals surface area contributed by atoms with Gasteiger partial charge in [0.15, 0.2) is 11.5 Å². The first-order valence-corrected chi connectivity index (χ1v) is 8.16. The number of amides is 1. The number of ether oxygens (including phenoxy) is 3. The number of methoxy groups -OCH3 is 3. The van der Waals surface area contributed by atoms with Gasteiger partial charge in [-0.2, -0.15) is 0 Å². The molecule has 140 valence electrons. The molecular weight excluding hydrogens is 336 g/mol. The Balaban J connectivity index is 2.20. The second-order valence-corrected chi connectivity index (χ2v) is 5.91. The lowest BCUT2D eigenvalue weighted by Crippen LogP contribution is -2.16. The molecule has 0 spiro atoms. The molecule has 8 heteroatoms. The van der Waals surface area contributed by atoms with E-state index in [2.05, 4.69) is 34.4 Å². The second kappa shape index (κ2) is 8.89. The van der Waals surface area contributed by atoms with Crippen molar-refractivity contribution in [3.05, 3.63) is 30.1 Å². The van der Waals surface area contributed by atoms with Crippen LogP contribution in [0, 0.1) is 5.92 Å². The summed E-state index contributed by atoms with van der Waals surface area (Å²) in [5, 5.41) is 5.87. The summed E-state index contributed by atoms with van der Waals surface area (Å²) in [6.07, 6.45) is 1.54. The number of nitrogens with one attached hydrogen (secondary N) is 2. The summed E-state index contributed by atoms with van der Waals surface area (Å²) in [6.45, 7) is 4.87. The van der Waals surface area contributed by atoms with Gasteiger partial charge in [0.05, 0.1) is 21.3 Å². The standard InChI is InChI=1S/C18H24N4O4/c1-11(2)10-20-18-19-7-6-13(22-18)17(23)21-12-8-14(24-3)16(26-5)15(9-12)25-4/h6-9,11H,10H2,1-5H3,(H,21,23)(H,19,20,22). The third kappa shape index (κ3) is 4.75. The minimum atomic E-state index is -0.366. The Bertz CT molecular complexity index is 740. The van der Waals surface area contributed by atoms with Crippen LogP contribution in [0.5, 0.6) is 17.2 Å². The van der Waals surface area contributed by atoms with Crippen LogP contribution in [-0.2, 0) is 0 Å². The van der Waals surface area contributed by atoms with Gasteiger partial charge in [-0.3, -0.25) is 4.79 Å². The van der Waals surface area contributed by atoms with Crippen molar-refractivity contribution >= 4 is 17.5 Å². The van der Waals surface area contributed by atoms with Gasteiger partial charge in [0.25, 0.3) is 5.91 Å². The normalized spacial score (nSPS) is 10.4. The molecule has 26 heavy (non-hydrogen) atoms. The van der Waals surface area contributed by atoms with E-state index in [9.17, 15) is 4.79 Å². The number of carbonyl (C=O) groups is 1. The zero-order chi connectivity index (χ0) is 19.1. The maximum absolute atomic E-state index is 12.5. The Morgan fingerprint density at radius 2 is 1.77 bits per heavy atom. The van der Waals surface area contributed by atoms with Gasteiger partial charge >= 0.3 is 0 Å². The van der Waals surface area contributed by atoms with Gasteiger partial charge in [-0.1, -0.05) is 13.8 Å². The number of hydrogen-bond acceptors (Lipinski definition) is 7. The van der Waals surface area contributed by atoms with Crippen molar-refractivity contribution in [1.29, 1.82) is 0 Å². The van der Waals surface area contributed by atoms with E-state index in [1.165, 1.54) is 21.3 Å². The lowest BCUT2D eigenvalue weighted by Gasteiger charge is -2.14. The van der Waals surface area contributed by atoms with Crippen LogP contribution in [0.4, 0.5) is 11.6 Å². The molecule has 2 aromatic rings. The SMILES string of the molecule is COc1cc(NC(=O)c2ccnc(NCC(C)C)n2)cc(OC)c1OC. The van der Waals surface area contributed by atoms with Crippen LogP contribution in [-0.4, -0.2) is 43.7 Å². The third-order valence-electron chi connectivity index (χ3n) is 3.48. The molecule has 0 bridgehead atoms. The van der Waals surface area contributed by atoms with Crippen molar-refractivity contribution in [2.75, 3.05) is 38.5 Å². The Morgan fingerprint density at radius 3 is 2.31 bits per heavy atom. The largest absolute Gasteiger partial charge is 0.493 e. The van der Waals surface area contributed by atoms with Crippen LogP contribution in [0.15, 0.2) is 24.4 Å². The molecule has 2 rings (SSSR count). The number of aromatic nitrogens is 2. The fraction of sp³-hybridized carbons (Fsp3) is 0.389. The zero-order valence-corrected chi connectivity index (χ0v) is 15.6. The van der Waals surface area contributed by atoms with Gasteiger partial charge in [-0.15, -0.1) is 0 Å². The average Bonchev–Trinajstić information content (AvgIpc) is 2.65. The molecule has 1 heterocycles. The maximum atomic E-state index is 12.5. The van der Waals surface area contributed by atoms with Crippen molar-refractivity contribution in [1.82, 2.24) is 9.97 Å². The smallest absolute Gasteiger partial charge is 0.274 e. The van der Waals surface area contributed by atoms with E-state index < -0.39 is 0 Å². The molecule has 0 aliphatic heterocycles. The molecule has 0 fully saturated rings. The van der Waals surface area contributed by atoms with E-state index in [1.54, 1.807) is 24.4 Å². The number of nitrogens with zero attached hydrogens (tertiary/aromatic N) is 2. The summed E-state index contributed by atoms with van der Waals surface area (Å²) in [5.74, 6) is 1.84. The van der Waals surface area contributed by atoms with Gasteiger partial charge in [-0.05, 0) is 12.0 Å². The van der Waals surface area contributed by atoms with E-state index in [0.717, 1.165) is 6.54 Å². The Kier molecular flexibility index (Phi) is 6.60. The summed E-state index contributed by atoms with van der Waals surface area (Å²) < 4.78 is 15.8. The van der Waals surface area contributed by atoms with Crippen LogP contribution in [0.2, 0.25) is 0 Å². The Morgan fingerprint density at radius 1 is 1.12 bits per heavy atom. The van der Waals surface area contributed by atoms with Crippen molar-refractivity contribution in [3.63, 3.8) is 0 Å². The van der Waals surface area contributed by atoms with E-state index >= 15 is 0 Å². The predicted molar refractivity (Wildman–Crippen MR) is 99.4 cm³/mol. The third-order valence-corrected chi connectivity index (χ3v) is 3.48. The summed E-state index contributed by atoms with van der Waals surface area (Å²) in [5.41, 5.74) is 0.750. The molecule has 0 saturated heterocycles.